The summed E-state index contributed by atoms with van der Waals surface area (Å²) in [5.41, 5.74) is -0.214. The maximum absolute atomic E-state index is 11.4. The van der Waals surface area contributed by atoms with Crippen molar-refractivity contribution in [1.29, 1.82) is 0 Å². The van der Waals surface area contributed by atoms with Crippen molar-refractivity contribution in [3.63, 3.8) is 0 Å². The molecule has 14 heavy (non-hydrogen) atoms. The van der Waals surface area contributed by atoms with E-state index in [2.05, 4.69) is 0 Å². The van der Waals surface area contributed by atoms with Crippen molar-refractivity contribution >= 4 is 7.32 Å². The predicted molar refractivity (Wildman–Crippen MR) is 50.4 cm³/mol. The molecule has 0 aromatic heterocycles. The molecule has 1 aromatic carbocycles. The average Bonchev–Trinajstić information content (AvgIpc) is 2.60. The Morgan fingerprint density at radius 2 is 1.79 bits per heavy atom. The number of hydrogen-bond donors (Lipinski definition) is 0. The van der Waals surface area contributed by atoms with E-state index in [9.17, 15) is 4.79 Å². The molecule has 0 aliphatic carbocycles. The van der Waals surface area contributed by atoms with Crippen molar-refractivity contribution in [3.8, 4) is 5.75 Å². The first-order valence-electron chi connectivity index (χ1n) is 4.08. The quantitative estimate of drug-likeness (QED) is 0.650. The van der Waals surface area contributed by atoms with Gasteiger partial charge >= 0.3 is 7.32 Å². The largest absolute Gasteiger partial charge is 0.863 e. The van der Waals surface area contributed by atoms with Crippen LogP contribution in [0.1, 0.15) is 0 Å². The molecule has 0 unspecified atom stereocenters. The van der Waals surface area contributed by atoms with Gasteiger partial charge in [-0.1, -0.05) is 18.2 Å². The Morgan fingerprint density at radius 3 is 2.57 bits per heavy atom. The maximum atomic E-state index is 11.4. The zero-order chi connectivity index (χ0) is 9.80. The van der Waals surface area contributed by atoms with Gasteiger partial charge in [-0.15, -0.1) is 0 Å². The van der Waals surface area contributed by atoms with Gasteiger partial charge in [-0.2, -0.15) is 0 Å². The highest BCUT2D eigenvalue weighted by molar-refractivity contribution is 6.38. The Hall–Kier alpha value is -1.91. The van der Waals surface area contributed by atoms with Crippen LogP contribution in [0.4, 0.5) is 0 Å². The maximum Gasteiger partial charge on any atom is 0.863 e. The fourth-order valence-electron chi connectivity index (χ4n) is 0.995. The smallest absolute Gasteiger partial charge is 0.493 e. The van der Waals surface area contributed by atoms with Crippen LogP contribution >= 0.6 is 0 Å². The Balaban J connectivity index is 2.17. The van der Waals surface area contributed by atoms with Crippen LogP contribution in [0.3, 0.4) is 0 Å². The molecule has 0 amide bonds. The molecule has 0 spiro atoms. The summed E-state index contributed by atoms with van der Waals surface area (Å²) in [5, 5.41) is 0. The lowest BCUT2D eigenvalue weighted by Crippen LogP contribution is -2.25. The summed E-state index contributed by atoms with van der Waals surface area (Å²) in [4.78, 5) is 11.4. The summed E-state index contributed by atoms with van der Waals surface area (Å²) in [6, 6.07) is 8.07. The first-order chi connectivity index (χ1) is 6.86. The van der Waals surface area contributed by atoms with Gasteiger partial charge in [-0.05, 0) is 12.1 Å². The van der Waals surface area contributed by atoms with E-state index in [0.717, 1.165) is 0 Å². The summed E-state index contributed by atoms with van der Waals surface area (Å²) in [6.45, 7) is 0. The van der Waals surface area contributed by atoms with Crippen LogP contribution in [0.15, 0.2) is 47.7 Å². The zero-order valence-electron chi connectivity index (χ0n) is 7.25. The Labute approximate surface area is 80.9 Å². The van der Waals surface area contributed by atoms with Gasteiger partial charge in [0.05, 0.1) is 0 Å². The Kier molecular flexibility index (Phi) is 2.40. The van der Waals surface area contributed by atoms with Gasteiger partial charge in [-0.25, -0.2) is 0 Å². The highest BCUT2D eigenvalue weighted by atomic mass is 16.7. The van der Waals surface area contributed by atoms with Crippen molar-refractivity contribution in [2.24, 2.45) is 0 Å². The van der Waals surface area contributed by atoms with Crippen LogP contribution in [0.2, 0.25) is 0 Å². The monoisotopic (exact) mass is 190 g/mol. The van der Waals surface area contributed by atoms with Gasteiger partial charge in [0.15, 0.2) is 5.75 Å². The van der Waals surface area contributed by atoms with E-state index < -0.39 is 7.32 Å². The van der Waals surface area contributed by atoms with Gasteiger partial charge in [0.1, 0.15) is 12.5 Å². The van der Waals surface area contributed by atoms with Gasteiger partial charge in [0.2, 0.25) is 5.43 Å². The molecule has 70 valence electrons. The van der Waals surface area contributed by atoms with E-state index in [1.54, 1.807) is 24.3 Å². The zero-order valence-corrected chi connectivity index (χ0v) is 7.25. The second-order valence-electron chi connectivity index (χ2n) is 2.59. The Morgan fingerprint density at radius 1 is 1.07 bits per heavy atom. The molecule has 1 aromatic rings. The van der Waals surface area contributed by atoms with Crippen LogP contribution in [0, 0.1) is 0 Å². The van der Waals surface area contributed by atoms with Crippen molar-refractivity contribution in [2.45, 2.75) is 0 Å². The second-order valence-corrected chi connectivity index (χ2v) is 2.59. The summed E-state index contributed by atoms with van der Waals surface area (Å²) >= 11 is 0. The third-order valence-corrected chi connectivity index (χ3v) is 1.62. The van der Waals surface area contributed by atoms with Crippen LogP contribution in [-0.2, 0) is 9.31 Å². The van der Waals surface area contributed by atoms with Gasteiger partial charge in [0, 0.05) is 0 Å². The molecule has 1 aliphatic heterocycles. The molecule has 0 radical (unpaired) electrons. The van der Waals surface area contributed by atoms with Gasteiger partial charge in [-0.3, -0.25) is 4.79 Å². The summed E-state index contributed by atoms with van der Waals surface area (Å²) in [6.07, 6.45) is 2.72. The summed E-state index contributed by atoms with van der Waals surface area (Å²) < 4.78 is 14.9. The second kappa shape index (κ2) is 3.87. The summed E-state index contributed by atoms with van der Waals surface area (Å²) in [7, 11) is -0.856. The predicted octanol–water partition coefficient (Wildman–Crippen LogP) is 0.928. The van der Waals surface area contributed by atoms with E-state index >= 15 is 0 Å². The minimum atomic E-state index is -0.856. The molecule has 0 atom stereocenters. The molecule has 0 fully saturated rings. The summed E-state index contributed by atoms with van der Waals surface area (Å²) in [5.74, 6) is 0.198. The van der Waals surface area contributed by atoms with E-state index in [1.807, 2.05) is 0 Å². The molecule has 0 saturated heterocycles. The molecule has 1 heterocycles. The van der Waals surface area contributed by atoms with Crippen LogP contribution in [-0.4, -0.2) is 7.32 Å². The molecule has 0 bridgehead atoms. The third-order valence-electron chi connectivity index (χ3n) is 1.62. The van der Waals surface area contributed by atoms with E-state index in [-0.39, 0.29) is 11.2 Å². The highest BCUT2D eigenvalue weighted by Crippen LogP contribution is 2.07. The van der Waals surface area contributed by atoms with Gasteiger partial charge < -0.3 is 14.0 Å². The topological polar surface area (TPSA) is 44.8 Å². The molecular weight excluding hydrogens is 183 g/mol. The lowest BCUT2D eigenvalue weighted by molar-refractivity contribution is 0.291. The lowest BCUT2D eigenvalue weighted by atomic mass is 10.2. The van der Waals surface area contributed by atoms with Crippen LogP contribution < -0.4 is 10.1 Å². The van der Waals surface area contributed by atoms with Crippen molar-refractivity contribution < 1.29 is 14.0 Å². The fourth-order valence-corrected chi connectivity index (χ4v) is 0.995. The molecular formula is C9H7BO4. The van der Waals surface area contributed by atoms with E-state index in [0.29, 0.717) is 0 Å². The number of rotatable bonds is 2. The molecule has 0 N–H and O–H groups in total. The minimum Gasteiger partial charge on any atom is -0.493 e. The van der Waals surface area contributed by atoms with E-state index in [1.165, 1.54) is 18.6 Å². The standard InChI is InChI=1S/C9H7BO4/c11-8-4-2-1-3-5-9(8)14-10-12-6-7-13-10/h1-7H. The fraction of sp³-hybridized carbons (Fsp3) is 0. The molecule has 0 saturated carbocycles. The van der Waals surface area contributed by atoms with Crippen LogP contribution in [0.25, 0.3) is 0 Å². The first kappa shape index (κ1) is 8.68. The molecule has 5 heteroatoms. The van der Waals surface area contributed by atoms with E-state index in [4.69, 9.17) is 14.0 Å². The van der Waals surface area contributed by atoms with Crippen molar-refractivity contribution in [3.05, 3.63) is 53.1 Å². The first-order valence-corrected chi connectivity index (χ1v) is 4.08. The highest BCUT2D eigenvalue weighted by Gasteiger charge is 2.30. The van der Waals surface area contributed by atoms with Crippen LogP contribution in [0.5, 0.6) is 5.75 Å². The number of hydrogen-bond acceptors (Lipinski definition) is 4. The third kappa shape index (κ3) is 1.88. The Bertz CT molecular complexity index is 396. The SMILES string of the molecule is O=c1cccccc1OB1OC=CO1. The van der Waals surface area contributed by atoms with Crippen molar-refractivity contribution in [2.75, 3.05) is 0 Å². The molecule has 2 rings (SSSR count). The van der Waals surface area contributed by atoms with Gasteiger partial charge in [0.25, 0.3) is 0 Å². The molecule has 1 aliphatic rings. The normalized spacial score (nSPS) is 13.3. The lowest BCUT2D eigenvalue weighted by Gasteiger charge is -2.04. The average molecular weight is 190 g/mol. The minimum absolute atomic E-state index is 0.198. The molecule has 4 nitrogen and oxygen atoms in total. The van der Waals surface area contributed by atoms with Crippen molar-refractivity contribution in [1.82, 2.24) is 0 Å².